The summed E-state index contributed by atoms with van der Waals surface area (Å²) in [6.45, 7) is 9.96. The van der Waals surface area contributed by atoms with E-state index < -0.39 is 0 Å². The number of ether oxygens (including phenoxy) is 1. The van der Waals surface area contributed by atoms with Crippen molar-refractivity contribution in [2.24, 2.45) is 0 Å². The molecule has 2 aromatic rings. The summed E-state index contributed by atoms with van der Waals surface area (Å²) in [6, 6.07) is 18.2. The Labute approximate surface area is 161 Å². The molecule has 144 valence electrons. The zero-order valence-corrected chi connectivity index (χ0v) is 16.3. The van der Waals surface area contributed by atoms with Gasteiger partial charge in [-0.15, -0.1) is 0 Å². The molecular formula is C22H31N3O2+2. The maximum Gasteiger partial charge on any atom is 0.282 e. The second-order valence-corrected chi connectivity index (χ2v) is 7.24. The van der Waals surface area contributed by atoms with E-state index in [4.69, 9.17) is 4.74 Å². The highest BCUT2D eigenvalue weighted by Crippen LogP contribution is 2.15. The first-order valence-corrected chi connectivity index (χ1v) is 9.91. The van der Waals surface area contributed by atoms with Gasteiger partial charge in [-0.25, -0.2) is 0 Å². The van der Waals surface area contributed by atoms with Crippen molar-refractivity contribution in [1.29, 1.82) is 0 Å². The lowest BCUT2D eigenvalue weighted by Crippen LogP contribution is -3.29. The molecule has 1 fully saturated rings. The van der Waals surface area contributed by atoms with Crippen LogP contribution in [0.1, 0.15) is 19.4 Å². The van der Waals surface area contributed by atoms with Gasteiger partial charge in [-0.2, -0.15) is 0 Å². The van der Waals surface area contributed by atoms with Crippen LogP contribution in [0.3, 0.4) is 0 Å². The molecule has 5 nitrogen and oxygen atoms in total. The number of carbonyl (C=O) groups excluding carboxylic acids is 1. The number of nitrogens with one attached hydrogen (secondary N) is 3. The number of quaternary nitrogens is 2. The molecule has 0 bridgehead atoms. The number of benzene rings is 2. The third-order valence-electron chi connectivity index (χ3n) is 5.33. The molecule has 1 heterocycles. The Kier molecular flexibility index (Phi) is 6.85. The molecule has 0 saturated carbocycles. The lowest BCUT2D eigenvalue weighted by atomic mass is 10.1. The molecule has 27 heavy (non-hydrogen) atoms. The van der Waals surface area contributed by atoms with E-state index in [1.165, 1.54) is 10.5 Å². The van der Waals surface area contributed by atoms with Crippen molar-refractivity contribution in [2.45, 2.75) is 26.4 Å². The monoisotopic (exact) mass is 369 g/mol. The second kappa shape index (κ2) is 9.53. The van der Waals surface area contributed by atoms with E-state index in [1.54, 1.807) is 4.90 Å². The van der Waals surface area contributed by atoms with Crippen LogP contribution in [0, 0.1) is 0 Å². The maximum atomic E-state index is 12.6. The summed E-state index contributed by atoms with van der Waals surface area (Å²) in [7, 11) is 0. The van der Waals surface area contributed by atoms with E-state index >= 15 is 0 Å². The van der Waals surface area contributed by atoms with Gasteiger partial charge < -0.3 is 19.9 Å². The minimum atomic E-state index is -0.0464. The highest BCUT2D eigenvalue weighted by atomic mass is 16.5. The third-order valence-corrected chi connectivity index (χ3v) is 5.33. The molecule has 1 atom stereocenters. The molecule has 1 aliphatic heterocycles. The van der Waals surface area contributed by atoms with Crippen molar-refractivity contribution < 1.29 is 19.3 Å². The SMILES string of the molecule is CCOc1ccc(NC(=O)[C@@H](C)[NH+]2CC[NH+](Cc3ccccc3)CC2)cc1. The number of amides is 1. The molecule has 0 aliphatic carbocycles. The third kappa shape index (κ3) is 5.55. The number of anilines is 1. The van der Waals surface area contributed by atoms with Crippen LogP contribution in [-0.2, 0) is 11.3 Å². The van der Waals surface area contributed by atoms with Crippen molar-refractivity contribution >= 4 is 11.6 Å². The molecule has 5 heteroatoms. The lowest BCUT2D eigenvalue weighted by Gasteiger charge is -2.32. The lowest BCUT2D eigenvalue weighted by molar-refractivity contribution is -1.02. The molecular weight excluding hydrogens is 338 g/mol. The second-order valence-electron chi connectivity index (χ2n) is 7.24. The van der Waals surface area contributed by atoms with Crippen molar-refractivity contribution in [3.05, 3.63) is 60.2 Å². The first-order valence-electron chi connectivity index (χ1n) is 9.91. The largest absolute Gasteiger partial charge is 0.494 e. The average molecular weight is 370 g/mol. The number of hydrogen-bond acceptors (Lipinski definition) is 2. The van der Waals surface area contributed by atoms with Gasteiger partial charge >= 0.3 is 0 Å². The fourth-order valence-electron chi connectivity index (χ4n) is 3.66. The van der Waals surface area contributed by atoms with Gasteiger partial charge in [0.15, 0.2) is 6.04 Å². The number of piperazine rings is 1. The molecule has 0 radical (unpaired) electrons. The fraction of sp³-hybridized carbons (Fsp3) is 0.409. The van der Waals surface area contributed by atoms with Gasteiger partial charge in [0.2, 0.25) is 0 Å². The highest BCUT2D eigenvalue weighted by Gasteiger charge is 2.31. The van der Waals surface area contributed by atoms with E-state index in [0.29, 0.717) is 6.61 Å². The molecule has 3 rings (SSSR count). The Hall–Kier alpha value is -2.37. The first kappa shape index (κ1) is 19.4. The minimum absolute atomic E-state index is 0.0464. The highest BCUT2D eigenvalue weighted by molar-refractivity contribution is 5.93. The van der Waals surface area contributed by atoms with Gasteiger partial charge in [0.25, 0.3) is 5.91 Å². The Morgan fingerprint density at radius 2 is 1.70 bits per heavy atom. The molecule has 1 aliphatic rings. The van der Waals surface area contributed by atoms with Crippen LogP contribution in [0.25, 0.3) is 0 Å². The summed E-state index contributed by atoms with van der Waals surface area (Å²) < 4.78 is 5.44. The van der Waals surface area contributed by atoms with E-state index in [-0.39, 0.29) is 11.9 Å². The molecule has 1 saturated heterocycles. The van der Waals surface area contributed by atoms with Crippen LogP contribution < -0.4 is 19.9 Å². The van der Waals surface area contributed by atoms with Gasteiger partial charge in [-0.3, -0.25) is 4.79 Å². The summed E-state index contributed by atoms with van der Waals surface area (Å²) >= 11 is 0. The predicted molar refractivity (Wildman–Crippen MR) is 107 cm³/mol. The average Bonchev–Trinajstić information content (AvgIpc) is 2.70. The quantitative estimate of drug-likeness (QED) is 0.662. The van der Waals surface area contributed by atoms with E-state index in [2.05, 4.69) is 35.6 Å². The van der Waals surface area contributed by atoms with Crippen molar-refractivity contribution in [3.8, 4) is 5.75 Å². The summed E-state index contributed by atoms with van der Waals surface area (Å²) in [5.74, 6) is 0.910. The van der Waals surface area contributed by atoms with Gasteiger partial charge in [0, 0.05) is 11.3 Å². The zero-order valence-electron chi connectivity index (χ0n) is 16.3. The van der Waals surface area contributed by atoms with Crippen LogP contribution in [0.15, 0.2) is 54.6 Å². The van der Waals surface area contributed by atoms with Crippen LogP contribution in [0.2, 0.25) is 0 Å². The maximum absolute atomic E-state index is 12.6. The van der Waals surface area contributed by atoms with Crippen LogP contribution in [0.5, 0.6) is 5.75 Å². The van der Waals surface area contributed by atoms with Crippen LogP contribution in [0.4, 0.5) is 5.69 Å². The summed E-state index contributed by atoms with van der Waals surface area (Å²) in [6.07, 6.45) is 0. The molecule has 1 amide bonds. The Morgan fingerprint density at radius 1 is 1.04 bits per heavy atom. The van der Waals surface area contributed by atoms with Crippen molar-refractivity contribution in [1.82, 2.24) is 0 Å². The fourth-order valence-corrected chi connectivity index (χ4v) is 3.66. The van der Waals surface area contributed by atoms with Gasteiger partial charge in [-0.1, -0.05) is 30.3 Å². The topological polar surface area (TPSA) is 47.2 Å². The van der Waals surface area contributed by atoms with E-state index in [0.717, 1.165) is 44.2 Å². The number of rotatable bonds is 7. The molecule has 2 aromatic carbocycles. The summed E-state index contributed by atoms with van der Waals surface area (Å²) in [5, 5.41) is 3.04. The van der Waals surface area contributed by atoms with Crippen molar-refractivity contribution in [3.63, 3.8) is 0 Å². The van der Waals surface area contributed by atoms with Crippen LogP contribution >= 0.6 is 0 Å². The molecule has 0 unspecified atom stereocenters. The van der Waals surface area contributed by atoms with Gasteiger partial charge in [0.05, 0.1) is 6.61 Å². The van der Waals surface area contributed by atoms with Gasteiger partial charge in [0.1, 0.15) is 38.5 Å². The predicted octanol–water partition coefficient (Wildman–Crippen LogP) is 0.396. The minimum Gasteiger partial charge on any atom is -0.494 e. The summed E-state index contributed by atoms with van der Waals surface area (Å²) in [5.41, 5.74) is 2.21. The number of carbonyl (C=O) groups is 1. The first-order chi connectivity index (χ1) is 13.2. The van der Waals surface area contributed by atoms with E-state index in [1.807, 2.05) is 38.1 Å². The molecule has 3 N–H and O–H groups in total. The molecule has 0 aromatic heterocycles. The molecule has 0 spiro atoms. The normalized spacial score (nSPS) is 20.7. The van der Waals surface area contributed by atoms with Gasteiger partial charge in [-0.05, 0) is 38.1 Å². The Morgan fingerprint density at radius 3 is 2.33 bits per heavy atom. The van der Waals surface area contributed by atoms with Crippen molar-refractivity contribution in [2.75, 3.05) is 38.1 Å². The van der Waals surface area contributed by atoms with E-state index in [9.17, 15) is 4.79 Å². The standard InChI is InChI=1S/C22H29N3O2/c1-3-27-21-11-9-20(10-12-21)23-22(26)18(2)25-15-13-24(14-16-25)17-19-7-5-4-6-8-19/h4-12,18H,3,13-17H2,1-2H3,(H,23,26)/p+2/t18-/m1/s1. The van der Waals surface area contributed by atoms with Crippen LogP contribution in [-0.4, -0.2) is 44.7 Å². The Balaban J connectivity index is 1.46. The zero-order chi connectivity index (χ0) is 19.1. The number of hydrogen-bond donors (Lipinski definition) is 3. The smallest absolute Gasteiger partial charge is 0.282 e. The Bertz CT molecular complexity index is 710. The summed E-state index contributed by atoms with van der Waals surface area (Å²) in [4.78, 5) is 15.6.